The second-order valence-electron chi connectivity index (χ2n) is 7.54. The normalized spacial score (nSPS) is 15.0. The molecule has 1 fully saturated rings. The Balaban J connectivity index is 1.94. The average molecular weight is 395 g/mol. The van der Waals surface area contributed by atoms with Gasteiger partial charge in [-0.15, -0.1) is 0 Å². The maximum Gasteiger partial charge on any atom is 0.193 e. The molecular formula is C24H29NO4. The van der Waals surface area contributed by atoms with E-state index < -0.39 is 0 Å². The Morgan fingerprint density at radius 3 is 2.48 bits per heavy atom. The van der Waals surface area contributed by atoms with Crippen LogP contribution in [0.15, 0.2) is 36.4 Å². The van der Waals surface area contributed by atoms with Crippen molar-refractivity contribution in [2.75, 3.05) is 20.2 Å². The number of aromatic hydroxyl groups is 1. The molecule has 2 aromatic carbocycles. The molecule has 154 valence electrons. The number of rotatable bonds is 7. The maximum atomic E-state index is 12.9. The Kier molecular flexibility index (Phi) is 7.07. The average Bonchev–Trinajstić information content (AvgIpc) is 2.75. The number of ketones is 1. The zero-order chi connectivity index (χ0) is 20.8. The summed E-state index contributed by atoms with van der Waals surface area (Å²) in [7, 11) is 1.46. The quantitative estimate of drug-likeness (QED) is 0.546. The first-order chi connectivity index (χ1) is 14.0. The molecule has 5 heteroatoms. The van der Waals surface area contributed by atoms with E-state index in [1.54, 1.807) is 12.1 Å². The summed E-state index contributed by atoms with van der Waals surface area (Å²) in [5, 5.41) is 20.8. The highest BCUT2D eigenvalue weighted by Gasteiger charge is 2.24. The molecule has 2 N–H and O–H groups in total. The van der Waals surface area contributed by atoms with Gasteiger partial charge in [0.15, 0.2) is 5.78 Å². The third kappa shape index (κ3) is 5.05. The number of phenolic OH excluding ortho intramolecular Hbond substituents is 1. The fraction of sp³-hybridized carbons (Fsp3) is 0.375. The summed E-state index contributed by atoms with van der Waals surface area (Å²) < 4.78 is 5.36. The highest BCUT2D eigenvalue weighted by atomic mass is 16.5. The number of benzene rings is 2. The molecule has 0 unspecified atom stereocenters. The van der Waals surface area contributed by atoms with Crippen molar-refractivity contribution in [1.29, 1.82) is 0 Å². The molecule has 1 saturated heterocycles. The molecular weight excluding hydrogens is 366 g/mol. The number of aliphatic hydroxyl groups is 1. The molecule has 0 saturated carbocycles. The monoisotopic (exact) mass is 395 g/mol. The first kappa shape index (κ1) is 21.1. The number of piperidine rings is 1. The lowest BCUT2D eigenvalue weighted by Gasteiger charge is -2.28. The van der Waals surface area contributed by atoms with Gasteiger partial charge in [-0.05, 0) is 56.1 Å². The number of carbonyl (C=O) groups is 1. The molecule has 0 spiro atoms. The van der Waals surface area contributed by atoms with E-state index in [2.05, 4.69) is 4.90 Å². The lowest BCUT2D eigenvalue weighted by Crippen LogP contribution is -2.29. The standard InChI is InChI=1S/C24H29NO4/c1-17-6-8-18(9-7-17)10-11-21(27)23-22(29-2)14-19(16-26)20(24(23)28)15-25-12-4-3-5-13-25/h6-11,14,26,28H,3-5,12-13,15-16H2,1-2H3/b11-10+. The molecule has 0 aliphatic carbocycles. The zero-order valence-corrected chi connectivity index (χ0v) is 17.1. The minimum Gasteiger partial charge on any atom is -0.507 e. The van der Waals surface area contributed by atoms with E-state index in [9.17, 15) is 15.0 Å². The fourth-order valence-corrected chi connectivity index (χ4v) is 3.73. The number of allylic oxidation sites excluding steroid dienone is 1. The molecule has 1 aliphatic rings. The lowest BCUT2D eigenvalue weighted by molar-refractivity contribution is 0.104. The van der Waals surface area contributed by atoms with Gasteiger partial charge >= 0.3 is 0 Å². The first-order valence-corrected chi connectivity index (χ1v) is 10.1. The van der Waals surface area contributed by atoms with Gasteiger partial charge in [0.2, 0.25) is 0 Å². The summed E-state index contributed by atoms with van der Waals surface area (Å²) in [6.07, 6.45) is 6.63. The number of hydrogen-bond donors (Lipinski definition) is 2. The summed E-state index contributed by atoms with van der Waals surface area (Å²) >= 11 is 0. The van der Waals surface area contributed by atoms with Gasteiger partial charge in [0, 0.05) is 12.1 Å². The van der Waals surface area contributed by atoms with Gasteiger partial charge in [0.1, 0.15) is 17.1 Å². The number of hydrogen-bond acceptors (Lipinski definition) is 5. The number of ether oxygens (including phenoxy) is 1. The Morgan fingerprint density at radius 2 is 1.86 bits per heavy atom. The summed E-state index contributed by atoms with van der Waals surface area (Å²) in [5.41, 5.74) is 3.38. The van der Waals surface area contributed by atoms with Crippen LogP contribution in [0.1, 0.15) is 51.9 Å². The van der Waals surface area contributed by atoms with Crippen LogP contribution >= 0.6 is 0 Å². The summed E-state index contributed by atoms with van der Waals surface area (Å²) in [4.78, 5) is 15.2. The number of aliphatic hydroxyl groups excluding tert-OH is 1. The van der Waals surface area contributed by atoms with Gasteiger partial charge in [0.25, 0.3) is 0 Å². The van der Waals surface area contributed by atoms with Crippen LogP contribution in [0.2, 0.25) is 0 Å². The second-order valence-corrected chi connectivity index (χ2v) is 7.54. The smallest absolute Gasteiger partial charge is 0.193 e. The van der Waals surface area contributed by atoms with Crippen molar-refractivity contribution in [3.63, 3.8) is 0 Å². The molecule has 0 radical (unpaired) electrons. The molecule has 0 atom stereocenters. The second kappa shape index (κ2) is 9.72. The van der Waals surface area contributed by atoms with E-state index in [4.69, 9.17) is 4.74 Å². The van der Waals surface area contributed by atoms with Gasteiger partial charge < -0.3 is 14.9 Å². The number of likely N-dealkylation sites (tertiary alicyclic amines) is 1. The van der Waals surface area contributed by atoms with E-state index in [1.165, 1.54) is 19.6 Å². The van der Waals surface area contributed by atoms with Gasteiger partial charge in [-0.25, -0.2) is 0 Å². The molecule has 29 heavy (non-hydrogen) atoms. The predicted octanol–water partition coefficient (Wildman–Crippen LogP) is 4.08. The van der Waals surface area contributed by atoms with Crippen molar-refractivity contribution in [1.82, 2.24) is 4.90 Å². The number of carbonyl (C=O) groups excluding carboxylic acids is 1. The third-order valence-electron chi connectivity index (χ3n) is 5.43. The molecule has 0 bridgehead atoms. The van der Waals surface area contributed by atoms with Gasteiger partial charge in [-0.2, -0.15) is 0 Å². The van der Waals surface area contributed by atoms with Crippen LogP contribution in [-0.2, 0) is 13.2 Å². The number of methoxy groups -OCH3 is 1. The van der Waals surface area contributed by atoms with E-state index in [0.717, 1.165) is 37.1 Å². The summed E-state index contributed by atoms with van der Waals surface area (Å²) in [5.74, 6) is -0.158. The van der Waals surface area contributed by atoms with Crippen LogP contribution in [0.4, 0.5) is 0 Å². The predicted molar refractivity (Wildman–Crippen MR) is 114 cm³/mol. The topological polar surface area (TPSA) is 70.0 Å². The third-order valence-corrected chi connectivity index (χ3v) is 5.43. The maximum absolute atomic E-state index is 12.9. The first-order valence-electron chi connectivity index (χ1n) is 10.1. The van der Waals surface area contributed by atoms with E-state index in [1.807, 2.05) is 31.2 Å². The largest absolute Gasteiger partial charge is 0.507 e. The molecule has 2 aromatic rings. The van der Waals surface area contributed by atoms with Crippen LogP contribution in [0, 0.1) is 6.92 Å². The molecule has 1 aliphatic heterocycles. The van der Waals surface area contributed by atoms with Crippen LogP contribution < -0.4 is 4.74 Å². The molecule has 1 heterocycles. The van der Waals surface area contributed by atoms with Crippen LogP contribution in [0.3, 0.4) is 0 Å². The van der Waals surface area contributed by atoms with Crippen molar-refractivity contribution in [3.05, 3.63) is 64.2 Å². The van der Waals surface area contributed by atoms with E-state index in [-0.39, 0.29) is 29.5 Å². The highest BCUT2D eigenvalue weighted by molar-refractivity contribution is 6.10. The summed E-state index contributed by atoms with van der Waals surface area (Å²) in [6.45, 7) is 4.20. The van der Waals surface area contributed by atoms with E-state index in [0.29, 0.717) is 17.7 Å². The highest BCUT2D eigenvalue weighted by Crippen LogP contribution is 2.36. The van der Waals surface area contributed by atoms with Crippen molar-refractivity contribution in [2.45, 2.75) is 39.3 Å². The zero-order valence-electron chi connectivity index (χ0n) is 17.1. The lowest BCUT2D eigenvalue weighted by atomic mass is 9.97. The van der Waals surface area contributed by atoms with Crippen molar-refractivity contribution in [2.24, 2.45) is 0 Å². The minimum atomic E-state index is -0.329. The van der Waals surface area contributed by atoms with Gasteiger partial charge in [-0.1, -0.05) is 42.3 Å². The molecule has 0 amide bonds. The van der Waals surface area contributed by atoms with Gasteiger partial charge in [-0.3, -0.25) is 9.69 Å². The van der Waals surface area contributed by atoms with E-state index >= 15 is 0 Å². The Hall–Kier alpha value is -2.63. The van der Waals surface area contributed by atoms with Crippen molar-refractivity contribution < 1.29 is 19.7 Å². The SMILES string of the molecule is COc1cc(CO)c(CN2CCCCC2)c(O)c1C(=O)/C=C/c1ccc(C)cc1. The van der Waals surface area contributed by atoms with Gasteiger partial charge in [0.05, 0.1) is 13.7 Å². The van der Waals surface area contributed by atoms with Crippen molar-refractivity contribution >= 4 is 11.9 Å². The van der Waals surface area contributed by atoms with Crippen LogP contribution in [0.5, 0.6) is 11.5 Å². The fourth-order valence-electron chi connectivity index (χ4n) is 3.73. The Bertz CT molecular complexity index is 881. The number of phenols is 1. The summed E-state index contributed by atoms with van der Waals surface area (Å²) in [6, 6.07) is 9.50. The molecule has 5 nitrogen and oxygen atoms in total. The van der Waals surface area contributed by atoms with Crippen LogP contribution in [0.25, 0.3) is 6.08 Å². The van der Waals surface area contributed by atoms with Crippen LogP contribution in [-0.4, -0.2) is 41.1 Å². The number of aryl methyl sites for hydroxylation is 1. The molecule has 3 rings (SSSR count). The Labute approximate surface area is 172 Å². The number of nitrogens with zero attached hydrogens (tertiary/aromatic N) is 1. The minimum absolute atomic E-state index is 0.0995. The molecule has 0 aromatic heterocycles. The van der Waals surface area contributed by atoms with Crippen molar-refractivity contribution in [3.8, 4) is 11.5 Å². The Morgan fingerprint density at radius 1 is 1.17 bits per heavy atom.